The van der Waals surface area contributed by atoms with Crippen LogP contribution in [0, 0.1) is 2.88 Å². The van der Waals surface area contributed by atoms with Crippen LogP contribution >= 0.6 is 33.9 Å². The zero-order chi connectivity index (χ0) is 12.9. The fraction of sp³-hybridized carbons (Fsp3) is 0.636. The lowest BCUT2D eigenvalue weighted by molar-refractivity contribution is -0.135. The maximum absolute atomic E-state index is 12.1. The van der Waals surface area contributed by atoms with Gasteiger partial charge in [-0.3, -0.25) is 0 Å². The van der Waals surface area contributed by atoms with Crippen LogP contribution in [0.5, 0.6) is 0 Å². The van der Waals surface area contributed by atoms with Crippen molar-refractivity contribution in [2.75, 3.05) is 6.54 Å². The summed E-state index contributed by atoms with van der Waals surface area (Å²) in [5.41, 5.74) is 1.10. The summed E-state index contributed by atoms with van der Waals surface area (Å²) < 4.78 is 37.4. The molecule has 0 aromatic carbocycles. The largest absolute Gasteiger partial charge is 0.389 e. The molecule has 1 atom stereocenters. The average Bonchev–Trinajstić information content (AvgIpc) is 2.62. The van der Waals surface area contributed by atoms with E-state index in [4.69, 9.17) is 0 Å². The lowest BCUT2D eigenvalue weighted by atomic mass is 10.0. The molecule has 1 rings (SSSR count). The third kappa shape index (κ3) is 6.05. The fourth-order valence-corrected chi connectivity index (χ4v) is 3.07. The van der Waals surface area contributed by atoms with Crippen molar-refractivity contribution in [1.82, 2.24) is 5.32 Å². The van der Waals surface area contributed by atoms with Crippen LogP contribution in [-0.4, -0.2) is 12.7 Å². The number of thiophene rings is 1. The Morgan fingerprint density at radius 1 is 1.47 bits per heavy atom. The summed E-state index contributed by atoms with van der Waals surface area (Å²) in [4.78, 5) is 0. The number of halogens is 4. The minimum atomic E-state index is -4.04. The average molecular weight is 377 g/mol. The Labute approximate surface area is 117 Å². The number of rotatable bonds is 6. The van der Waals surface area contributed by atoms with Crippen molar-refractivity contribution in [1.29, 1.82) is 0 Å². The Morgan fingerprint density at radius 2 is 2.18 bits per heavy atom. The molecule has 1 N–H and O–H groups in total. The first-order valence-corrected chi connectivity index (χ1v) is 7.42. The van der Waals surface area contributed by atoms with Gasteiger partial charge >= 0.3 is 6.18 Å². The molecule has 17 heavy (non-hydrogen) atoms. The molecule has 0 saturated carbocycles. The molecule has 0 spiro atoms. The molecular weight excluding hydrogens is 362 g/mol. The van der Waals surface area contributed by atoms with E-state index in [1.807, 2.05) is 18.4 Å². The number of nitrogens with one attached hydrogen (secondary N) is 1. The third-order valence-corrected chi connectivity index (χ3v) is 4.20. The van der Waals surface area contributed by atoms with Crippen LogP contribution < -0.4 is 5.32 Å². The van der Waals surface area contributed by atoms with Crippen LogP contribution in [0.2, 0.25) is 0 Å². The molecule has 0 amide bonds. The number of alkyl halides is 3. The number of hydrogen-bond donors (Lipinski definition) is 1. The van der Waals surface area contributed by atoms with E-state index in [1.165, 1.54) is 0 Å². The highest BCUT2D eigenvalue weighted by Gasteiger charge is 2.26. The quantitative estimate of drug-likeness (QED) is 0.707. The molecule has 1 aromatic rings. The zero-order valence-electron chi connectivity index (χ0n) is 9.48. The van der Waals surface area contributed by atoms with Crippen LogP contribution in [0.4, 0.5) is 13.2 Å². The van der Waals surface area contributed by atoms with Gasteiger partial charge in [-0.05, 0) is 59.0 Å². The van der Waals surface area contributed by atoms with Crippen molar-refractivity contribution in [2.45, 2.75) is 38.4 Å². The normalized spacial score (nSPS) is 13.9. The second kappa shape index (κ2) is 6.94. The molecule has 0 fully saturated rings. The topological polar surface area (TPSA) is 12.0 Å². The Hall–Kier alpha value is 0.180. The van der Waals surface area contributed by atoms with Crippen LogP contribution in [0.15, 0.2) is 11.4 Å². The van der Waals surface area contributed by atoms with Crippen LogP contribution in [-0.2, 0) is 0 Å². The van der Waals surface area contributed by atoms with Crippen molar-refractivity contribution < 1.29 is 13.2 Å². The van der Waals surface area contributed by atoms with E-state index in [1.54, 1.807) is 11.3 Å². The van der Waals surface area contributed by atoms with Gasteiger partial charge in [0.05, 0.1) is 2.88 Å². The fourth-order valence-electron chi connectivity index (χ4n) is 1.65. The standard InChI is InChI=1S/C11H15F3INS/c1-2-16-9(4-3-5-11(12,13)14)8-6-10(15)17-7-8/h6-7,9,16H,2-5H2,1H3. The van der Waals surface area contributed by atoms with Gasteiger partial charge in [-0.2, -0.15) is 13.2 Å². The minimum Gasteiger partial charge on any atom is -0.310 e. The molecule has 0 aliphatic rings. The second-order valence-electron chi connectivity index (χ2n) is 3.80. The lowest BCUT2D eigenvalue weighted by Gasteiger charge is -2.17. The summed E-state index contributed by atoms with van der Waals surface area (Å²) >= 11 is 3.85. The lowest BCUT2D eigenvalue weighted by Crippen LogP contribution is -2.21. The van der Waals surface area contributed by atoms with E-state index < -0.39 is 12.6 Å². The zero-order valence-corrected chi connectivity index (χ0v) is 12.5. The first-order chi connectivity index (χ1) is 7.92. The van der Waals surface area contributed by atoms with E-state index in [9.17, 15) is 13.2 Å². The maximum Gasteiger partial charge on any atom is 0.389 e. The van der Waals surface area contributed by atoms with E-state index in [-0.39, 0.29) is 12.5 Å². The molecule has 1 aromatic heterocycles. The van der Waals surface area contributed by atoms with Crippen LogP contribution in [0.25, 0.3) is 0 Å². The Bertz CT molecular complexity index is 338. The van der Waals surface area contributed by atoms with Gasteiger partial charge in [-0.15, -0.1) is 11.3 Å². The summed E-state index contributed by atoms with van der Waals surface area (Å²) in [6.45, 7) is 2.73. The van der Waals surface area contributed by atoms with Crippen molar-refractivity contribution in [3.05, 3.63) is 19.9 Å². The molecule has 1 heterocycles. The molecule has 6 heteroatoms. The first-order valence-electron chi connectivity index (χ1n) is 5.46. The predicted octanol–water partition coefficient (Wildman–Crippen LogP) is 4.74. The molecule has 0 radical (unpaired) electrons. The summed E-state index contributed by atoms with van der Waals surface area (Å²) in [6.07, 6.45) is -4.04. The Kier molecular flexibility index (Phi) is 6.22. The monoisotopic (exact) mass is 377 g/mol. The molecule has 0 saturated heterocycles. The SMILES string of the molecule is CCNC(CCCC(F)(F)F)c1csc(I)c1. The Morgan fingerprint density at radius 3 is 2.65 bits per heavy atom. The van der Waals surface area contributed by atoms with Crippen LogP contribution in [0.3, 0.4) is 0 Å². The van der Waals surface area contributed by atoms with Crippen molar-refractivity contribution in [3.8, 4) is 0 Å². The van der Waals surface area contributed by atoms with E-state index >= 15 is 0 Å². The third-order valence-electron chi connectivity index (χ3n) is 2.39. The van der Waals surface area contributed by atoms with Gasteiger partial charge < -0.3 is 5.32 Å². The summed E-state index contributed by atoms with van der Waals surface area (Å²) in [5.74, 6) is 0. The summed E-state index contributed by atoms with van der Waals surface area (Å²) in [5, 5.41) is 5.25. The van der Waals surface area contributed by atoms with E-state index in [0.717, 1.165) is 15.0 Å². The molecule has 1 unspecified atom stereocenters. The smallest absolute Gasteiger partial charge is 0.310 e. The second-order valence-corrected chi connectivity index (χ2v) is 6.61. The minimum absolute atomic E-state index is 0.0436. The molecule has 0 bridgehead atoms. The highest BCUT2D eigenvalue weighted by Crippen LogP contribution is 2.28. The predicted molar refractivity (Wildman–Crippen MR) is 73.4 cm³/mol. The highest BCUT2D eigenvalue weighted by atomic mass is 127. The first kappa shape index (κ1) is 15.2. The van der Waals surface area contributed by atoms with E-state index in [0.29, 0.717) is 6.42 Å². The van der Waals surface area contributed by atoms with Gasteiger partial charge in [0.15, 0.2) is 0 Å². The number of hydrogen-bond acceptors (Lipinski definition) is 2. The molecule has 98 valence electrons. The van der Waals surface area contributed by atoms with Gasteiger partial charge in [0.1, 0.15) is 0 Å². The van der Waals surface area contributed by atoms with Gasteiger partial charge in [-0.1, -0.05) is 6.92 Å². The van der Waals surface area contributed by atoms with Gasteiger partial charge in [0.25, 0.3) is 0 Å². The van der Waals surface area contributed by atoms with Crippen LogP contribution in [0.1, 0.15) is 37.8 Å². The highest BCUT2D eigenvalue weighted by molar-refractivity contribution is 14.1. The molecular formula is C11H15F3INS. The summed E-state index contributed by atoms with van der Waals surface area (Å²) in [6, 6.07) is 2.08. The van der Waals surface area contributed by atoms with Crippen molar-refractivity contribution >= 4 is 33.9 Å². The van der Waals surface area contributed by atoms with E-state index in [2.05, 4.69) is 27.9 Å². The Balaban J connectivity index is 2.49. The molecule has 1 nitrogen and oxygen atoms in total. The molecule has 0 aliphatic heterocycles. The van der Waals surface area contributed by atoms with Crippen molar-refractivity contribution in [2.24, 2.45) is 0 Å². The van der Waals surface area contributed by atoms with Gasteiger partial charge in [0, 0.05) is 12.5 Å². The summed E-state index contributed by atoms with van der Waals surface area (Å²) in [7, 11) is 0. The van der Waals surface area contributed by atoms with Gasteiger partial charge in [0.2, 0.25) is 0 Å². The van der Waals surface area contributed by atoms with Crippen molar-refractivity contribution in [3.63, 3.8) is 0 Å². The molecule has 0 aliphatic carbocycles. The van der Waals surface area contributed by atoms with Gasteiger partial charge in [-0.25, -0.2) is 0 Å². The maximum atomic E-state index is 12.1.